The van der Waals surface area contributed by atoms with Crippen LogP contribution in [0.1, 0.15) is 31.7 Å². The highest BCUT2D eigenvalue weighted by Crippen LogP contribution is 2.28. The number of hydrogen-bond acceptors (Lipinski definition) is 2. The molecule has 0 bridgehead atoms. The Hall–Kier alpha value is -1.28. The van der Waals surface area contributed by atoms with Gasteiger partial charge in [0.15, 0.2) is 0 Å². The number of nitrogens with two attached hydrogens (primary N) is 1. The number of benzene rings is 1. The fourth-order valence-corrected chi connectivity index (χ4v) is 1.97. The van der Waals surface area contributed by atoms with E-state index in [2.05, 4.69) is 25.1 Å². The summed E-state index contributed by atoms with van der Waals surface area (Å²) in [5.74, 6) is 0.952. The molecule has 1 aliphatic carbocycles. The van der Waals surface area contributed by atoms with Gasteiger partial charge in [0.1, 0.15) is 5.75 Å². The molecule has 2 N–H and O–H groups in total. The van der Waals surface area contributed by atoms with Crippen LogP contribution in [0.5, 0.6) is 5.75 Å². The predicted molar refractivity (Wildman–Crippen MR) is 67.4 cm³/mol. The van der Waals surface area contributed by atoms with Crippen molar-refractivity contribution in [3.8, 4) is 5.75 Å². The SMILES string of the molecule is CCCOc1ccc(C2=CC(N)CC2)cc1. The van der Waals surface area contributed by atoms with E-state index in [0.717, 1.165) is 31.6 Å². The Kier molecular flexibility index (Phi) is 3.62. The first kappa shape index (κ1) is 11.2. The molecular weight excluding hydrogens is 198 g/mol. The Morgan fingerprint density at radius 3 is 2.62 bits per heavy atom. The molecule has 0 aliphatic heterocycles. The van der Waals surface area contributed by atoms with E-state index in [-0.39, 0.29) is 6.04 Å². The van der Waals surface area contributed by atoms with Crippen LogP contribution < -0.4 is 10.5 Å². The summed E-state index contributed by atoms with van der Waals surface area (Å²) in [5.41, 5.74) is 8.50. The molecule has 0 saturated carbocycles. The van der Waals surface area contributed by atoms with Gasteiger partial charge in [-0.15, -0.1) is 0 Å². The molecule has 1 unspecified atom stereocenters. The fraction of sp³-hybridized carbons (Fsp3) is 0.429. The van der Waals surface area contributed by atoms with Gasteiger partial charge in [-0.2, -0.15) is 0 Å². The monoisotopic (exact) mass is 217 g/mol. The van der Waals surface area contributed by atoms with Crippen LogP contribution in [0.2, 0.25) is 0 Å². The van der Waals surface area contributed by atoms with Gasteiger partial charge in [-0.1, -0.05) is 25.1 Å². The lowest BCUT2D eigenvalue weighted by Gasteiger charge is -2.06. The Labute approximate surface area is 97.1 Å². The van der Waals surface area contributed by atoms with Gasteiger partial charge in [-0.3, -0.25) is 0 Å². The third-order valence-electron chi connectivity index (χ3n) is 2.86. The van der Waals surface area contributed by atoms with Crippen molar-refractivity contribution in [2.75, 3.05) is 6.61 Å². The number of rotatable bonds is 4. The summed E-state index contributed by atoms with van der Waals surface area (Å²) in [6, 6.07) is 8.56. The van der Waals surface area contributed by atoms with Crippen LogP contribution >= 0.6 is 0 Å². The summed E-state index contributed by atoms with van der Waals surface area (Å²) in [6.45, 7) is 2.89. The smallest absolute Gasteiger partial charge is 0.119 e. The third kappa shape index (κ3) is 2.64. The van der Waals surface area contributed by atoms with E-state index in [4.69, 9.17) is 10.5 Å². The van der Waals surface area contributed by atoms with Gasteiger partial charge in [0.25, 0.3) is 0 Å². The molecule has 1 aromatic carbocycles. The van der Waals surface area contributed by atoms with Gasteiger partial charge in [0.2, 0.25) is 0 Å². The molecule has 0 aromatic heterocycles. The minimum absolute atomic E-state index is 0.242. The first-order valence-corrected chi connectivity index (χ1v) is 5.99. The van der Waals surface area contributed by atoms with E-state index in [0.29, 0.717) is 0 Å². The molecule has 16 heavy (non-hydrogen) atoms. The first-order valence-electron chi connectivity index (χ1n) is 5.99. The van der Waals surface area contributed by atoms with Gasteiger partial charge in [-0.25, -0.2) is 0 Å². The molecule has 2 rings (SSSR count). The molecule has 0 fully saturated rings. The van der Waals surface area contributed by atoms with Crippen LogP contribution in [0.15, 0.2) is 30.3 Å². The van der Waals surface area contributed by atoms with Crippen molar-refractivity contribution >= 4 is 5.57 Å². The number of ether oxygens (including phenoxy) is 1. The van der Waals surface area contributed by atoms with Gasteiger partial charge in [0.05, 0.1) is 6.61 Å². The average molecular weight is 217 g/mol. The highest BCUT2D eigenvalue weighted by Gasteiger charge is 2.12. The summed E-state index contributed by atoms with van der Waals surface area (Å²) >= 11 is 0. The Morgan fingerprint density at radius 2 is 2.06 bits per heavy atom. The van der Waals surface area contributed by atoms with Crippen molar-refractivity contribution in [3.05, 3.63) is 35.9 Å². The number of hydrogen-bond donors (Lipinski definition) is 1. The van der Waals surface area contributed by atoms with Crippen molar-refractivity contribution in [1.82, 2.24) is 0 Å². The molecule has 1 aliphatic rings. The maximum Gasteiger partial charge on any atom is 0.119 e. The van der Waals surface area contributed by atoms with Gasteiger partial charge >= 0.3 is 0 Å². The molecule has 1 atom stereocenters. The van der Waals surface area contributed by atoms with Gasteiger partial charge in [-0.05, 0) is 42.5 Å². The zero-order valence-electron chi connectivity index (χ0n) is 9.78. The Balaban J connectivity index is 2.04. The van der Waals surface area contributed by atoms with Gasteiger partial charge in [0, 0.05) is 6.04 Å². The summed E-state index contributed by atoms with van der Waals surface area (Å²) in [6.07, 6.45) is 5.38. The summed E-state index contributed by atoms with van der Waals surface area (Å²) < 4.78 is 5.55. The quantitative estimate of drug-likeness (QED) is 0.841. The maximum absolute atomic E-state index is 5.86. The second-order valence-electron chi connectivity index (χ2n) is 4.27. The third-order valence-corrected chi connectivity index (χ3v) is 2.86. The molecule has 2 heteroatoms. The lowest BCUT2D eigenvalue weighted by Crippen LogP contribution is -2.11. The second-order valence-corrected chi connectivity index (χ2v) is 4.27. The lowest BCUT2D eigenvalue weighted by atomic mass is 10.1. The highest BCUT2D eigenvalue weighted by atomic mass is 16.5. The molecular formula is C14H19NO. The molecule has 0 heterocycles. The topological polar surface area (TPSA) is 35.2 Å². The van der Waals surface area contributed by atoms with E-state index in [1.165, 1.54) is 11.1 Å². The van der Waals surface area contributed by atoms with E-state index in [1.807, 2.05) is 12.1 Å². The highest BCUT2D eigenvalue weighted by molar-refractivity contribution is 5.68. The van der Waals surface area contributed by atoms with Crippen molar-refractivity contribution in [3.63, 3.8) is 0 Å². The van der Waals surface area contributed by atoms with Crippen LogP contribution in [0.25, 0.3) is 5.57 Å². The minimum Gasteiger partial charge on any atom is -0.494 e. The normalized spacial score (nSPS) is 19.6. The van der Waals surface area contributed by atoms with Crippen LogP contribution in [-0.2, 0) is 0 Å². The van der Waals surface area contributed by atoms with Crippen molar-refractivity contribution in [2.45, 2.75) is 32.2 Å². The Morgan fingerprint density at radius 1 is 1.31 bits per heavy atom. The first-order chi connectivity index (χ1) is 7.79. The van der Waals surface area contributed by atoms with E-state index < -0.39 is 0 Å². The summed E-state index contributed by atoms with van der Waals surface area (Å²) in [4.78, 5) is 0. The molecule has 2 nitrogen and oxygen atoms in total. The Bertz CT molecular complexity index is 367. The zero-order chi connectivity index (χ0) is 11.4. The summed E-state index contributed by atoms with van der Waals surface area (Å²) in [7, 11) is 0. The second kappa shape index (κ2) is 5.17. The lowest BCUT2D eigenvalue weighted by molar-refractivity contribution is 0.317. The molecule has 0 saturated heterocycles. The molecule has 0 radical (unpaired) electrons. The summed E-state index contributed by atoms with van der Waals surface area (Å²) in [5, 5.41) is 0. The van der Waals surface area contributed by atoms with Crippen molar-refractivity contribution in [2.24, 2.45) is 5.73 Å². The van der Waals surface area contributed by atoms with Gasteiger partial charge < -0.3 is 10.5 Å². The van der Waals surface area contributed by atoms with Crippen LogP contribution in [0.3, 0.4) is 0 Å². The predicted octanol–water partition coefficient (Wildman–Crippen LogP) is 2.98. The molecule has 1 aromatic rings. The van der Waals surface area contributed by atoms with E-state index >= 15 is 0 Å². The average Bonchev–Trinajstić information content (AvgIpc) is 2.74. The molecule has 86 valence electrons. The van der Waals surface area contributed by atoms with Crippen LogP contribution in [0.4, 0.5) is 0 Å². The van der Waals surface area contributed by atoms with Crippen LogP contribution in [0, 0.1) is 0 Å². The van der Waals surface area contributed by atoms with Crippen molar-refractivity contribution in [1.29, 1.82) is 0 Å². The largest absolute Gasteiger partial charge is 0.494 e. The molecule has 0 spiro atoms. The standard InChI is InChI=1S/C14H19NO/c1-2-9-16-14-7-4-11(5-8-14)12-3-6-13(15)10-12/h4-5,7-8,10,13H,2-3,6,9,15H2,1H3. The van der Waals surface area contributed by atoms with E-state index in [1.54, 1.807) is 0 Å². The minimum atomic E-state index is 0.242. The van der Waals surface area contributed by atoms with Crippen LogP contribution in [-0.4, -0.2) is 12.6 Å². The number of allylic oxidation sites excluding steroid dienone is 1. The van der Waals surface area contributed by atoms with Crippen molar-refractivity contribution < 1.29 is 4.74 Å². The van der Waals surface area contributed by atoms with E-state index in [9.17, 15) is 0 Å². The maximum atomic E-state index is 5.86. The fourth-order valence-electron chi connectivity index (χ4n) is 1.97. The zero-order valence-corrected chi connectivity index (χ0v) is 9.78. The molecule has 0 amide bonds.